The monoisotopic (exact) mass is 470 g/mol. The summed E-state index contributed by atoms with van der Waals surface area (Å²) in [6, 6.07) is 9.51. The molecule has 0 bridgehead atoms. The van der Waals surface area contributed by atoms with E-state index in [-0.39, 0.29) is 11.4 Å². The van der Waals surface area contributed by atoms with Crippen LogP contribution in [0.4, 0.5) is 5.69 Å². The number of aromatic hydroxyl groups is 1. The van der Waals surface area contributed by atoms with Gasteiger partial charge in [0.1, 0.15) is 17.2 Å². The van der Waals surface area contributed by atoms with Crippen molar-refractivity contribution in [1.82, 2.24) is 4.98 Å². The highest BCUT2D eigenvalue weighted by molar-refractivity contribution is 14.2. The number of anilines is 1. The highest BCUT2D eigenvalue weighted by Crippen LogP contribution is 2.28. The van der Waals surface area contributed by atoms with Crippen LogP contribution in [0, 0.1) is 0 Å². The third-order valence-electron chi connectivity index (χ3n) is 3.09. The molecule has 1 aromatic heterocycles. The standard InChI is InChI=1S/C16H16IN4O3P/c1-24-15-9-10(22)5-6-13(15)20-16(23)14-4-2-3-11(19-14)12(7-8-18)21-25-17/h2-9,22,25H,18H2,1H3,(H,20,23). The second-order valence-electron chi connectivity index (χ2n) is 4.69. The molecule has 4 N–H and O–H groups in total. The van der Waals surface area contributed by atoms with E-state index in [1.807, 2.05) is 0 Å². The Morgan fingerprint density at radius 2 is 2.16 bits per heavy atom. The van der Waals surface area contributed by atoms with Crippen molar-refractivity contribution in [2.75, 3.05) is 12.4 Å². The zero-order valence-electron chi connectivity index (χ0n) is 13.2. The number of hydrogen-bond donors (Lipinski definition) is 3. The van der Waals surface area contributed by atoms with Gasteiger partial charge in [-0.2, -0.15) is 0 Å². The molecular formula is C16H16IN4O3P. The summed E-state index contributed by atoms with van der Waals surface area (Å²) in [7, 11) is 1.45. The zero-order chi connectivity index (χ0) is 18.2. The second-order valence-corrected chi connectivity index (χ2v) is 6.53. The molecule has 1 heterocycles. The molecule has 0 spiro atoms. The summed E-state index contributed by atoms with van der Waals surface area (Å²) in [5, 5.41) is 12.2. The minimum Gasteiger partial charge on any atom is -0.508 e. The van der Waals surface area contributed by atoms with Crippen LogP contribution in [0.25, 0.3) is 0 Å². The first kappa shape index (κ1) is 19.1. The van der Waals surface area contributed by atoms with Crippen LogP contribution in [-0.2, 0) is 0 Å². The summed E-state index contributed by atoms with van der Waals surface area (Å²) in [6.07, 6.45) is 3.33. The van der Waals surface area contributed by atoms with Gasteiger partial charge in [-0.15, -0.1) is 0 Å². The molecule has 130 valence electrons. The van der Waals surface area contributed by atoms with Crippen LogP contribution < -0.4 is 15.8 Å². The molecule has 0 aliphatic rings. The largest absolute Gasteiger partial charge is 0.508 e. The van der Waals surface area contributed by atoms with E-state index in [0.717, 1.165) is 0 Å². The van der Waals surface area contributed by atoms with Crippen LogP contribution in [0.2, 0.25) is 0 Å². The average Bonchev–Trinajstić information content (AvgIpc) is 2.63. The molecule has 0 radical (unpaired) electrons. The molecule has 7 nitrogen and oxygen atoms in total. The maximum Gasteiger partial charge on any atom is 0.274 e. The van der Waals surface area contributed by atoms with Gasteiger partial charge in [0.15, 0.2) is 0 Å². The smallest absolute Gasteiger partial charge is 0.274 e. The van der Waals surface area contributed by atoms with Gasteiger partial charge < -0.3 is 20.9 Å². The molecule has 0 saturated carbocycles. The summed E-state index contributed by atoms with van der Waals surface area (Å²) in [5.74, 6) is -0.00759. The lowest BCUT2D eigenvalue weighted by atomic mass is 10.2. The third kappa shape index (κ3) is 5.14. The van der Waals surface area contributed by atoms with Crippen molar-refractivity contribution in [1.29, 1.82) is 0 Å². The Kier molecular flexibility index (Phi) is 7.15. The Bertz CT molecular complexity index is 827. The Balaban J connectivity index is 2.29. The molecule has 1 unspecified atom stereocenters. The maximum atomic E-state index is 12.5. The lowest BCUT2D eigenvalue weighted by Gasteiger charge is -2.10. The number of carbonyl (C=O) groups excluding carboxylic acids is 1. The van der Waals surface area contributed by atoms with Crippen LogP contribution in [0.1, 0.15) is 16.2 Å². The normalized spacial score (nSPS) is 12.0. The molecule has 25 heavy (non-hydrogen) atoms. The Morgan fingerprint density at radius 3 is 2.84 bits per heavy atom. The molecule has 2 rings (SSSR count). The summed E-state index contributed by atoms with van der Waals surface area (Å²) in [4.78, 5) is 16.8. The van der Waals surface area contributed by atoms with E-state index in [9.17, 15) is 9.90 Å². The van der Waals surface area contributed by atoms with Gasteiger partial charge in [-0.25, -0.2) is 4.98 Å². The predicted octanol–water partition coefficient (Wildman–Crippen LogP) is 3.25. The highest BCUT2D eigenvalue weighted by Gasteiger charge is 2.13. The van der Waals surface area contributed by atoms with Gasteiger partial charge in [-0.3, -0.25) is 9.56 Å². The number of ether oxygens (including phenoxy) is 1. The van der Waals surface area contributed by atoms with Gasteiger partial charge in [-0.1, -0.05) is 6.07 Å². The first-order valence-corrected chi connectivity index (χ1v) is 11.1. The lowest BCUT2D eigenvalue weighted by molar-refractivity contribution is 0.102. The number of amides is 1. The number of pyridine rings is 1. The number of nitrogens with zero attached hydrogens (tertiary/aromatic N) is 2. The van der Waals surface area contributed by atoms with E-state index in [4.69, 9.17) is 10.5 Å². The fourth-order valence-corrected chi connectivity index (χ4v) is 3.05. The van der Waals surface area contributed by atoms with Crippen molar-refractivity contribution in [3.8, 4) is 11.5 Å². The summed E-state index contributed by atoms with van der Waals surface area (Å²) >= 11 is 2.14. The second kappa shape index (κ2) is 9.33. The van der Waals surface area contributed by atoms with Crippen molar-refractivity contribution in [3.05, 3.63) is 60.1 Å². The number of benzene rings is 1. The summed E-state index contributed by atoms with van der Waals surface area (Å²) in [5.41, 5.74) is 7.25. The molecule has 0 aliphatic carbocycles. The van der Waals surface area contributed by atoms with Crippen molar-refractivity contribution in [3.63, 3.8) is 0 Å². The fraction of sp³-hybridized carbons (Fsp3) is 0.0625. The van der Waals surface area contributed by atoms with Gasteiger partial charge in [0.25, 0.3) is 5.91 Å². The van der Waals surface area contributed by atoms with Crippen LogP contribution in [0.15, 0.2) is 53.4 Å². The number of aromatic nitrogens is 1. The summed E-state index contributed by atoms with van der Waals surface area (Å²) in [6.45, 7) is 0. The van der Waals surface area contributed by atoms with E-state index in [1.165, 1.54) is 25.4 Å². The number of nitrogens with two attached hydrogens (primary N) is 1. The number of allylic oxidation sites excluding steroid dienone is 1. The van der Waals surface area contributed by atoms with Crippen LogP contribution in [0.3, 0.4) is 0 Å². The van der Waals surface area contributed by atoms with Crippen LogP contribution in [0.5, 0.6) is 11.5 Å². The first-order valence-electron chi connectivity index (χ1n) is 7.06. The molecule has 1 atom stereocenters. The molecule has 0 aliphatic heterocycles. The first-order chi connectivity index (χ1) is 12.1. The SMILES string of the molecule is COc1cc(O)ccc1NC(=O)c1cccc(C(C=CN)=NPI)n1. The quantitative estimate of drug-likeness (QED) is 0.260. The fourth-order valence-electron chi connectivity index (χ4n) is 1.99. The topological polar surface area (TPSA) is 110 Å². The minimum absolute atomic E-state index is 0.0454. The molecule has 0 fully saturated rings. The van der Waals surface area contributed by atoms with Gasteiger partial charge in [-0.05, 0) is 58.6 Å². The van der Waals surface area contributed by atoms with Crippen molar-refractivity contribution < 1.29 is 14.6 Å². The number of methoxy groups -OCH3 is 1. The van der Waals surface area contributed by atoms with Gasteiger partial charge in [0.05, 0.1) is 30.6 Å². The van der Waals surface area contributed by atoms with Crippen molar-refractivity contribution >= 4 is 45.7 Å². The van der Waals surface area contributed by atoms with E-state index < -0.39 is 5.91 Å². The number of phenols is 1. The van der Waals surface area contributed by atoms with Gasteiger partial charge in [0, 0.05) is 6.07 Å². The minimum atomic E-state index is -0.404. The Morgan fingerprint density at radius 1 is 1.40 bits per heavy atom. The summed E-state index contributed by atoms with van der Waals surface area (Å²) < 4.78 is 9.48. The number of hydrogen-bond acceptors (Lipinski definition) is 6. The average molecular weight is 470 g/mol. The predicted molar refractivity (Wildman–Crippen MR) is 109 cm³/mol. The van der Waals surface area contributed by atoms with Crippen LogP contribution >= 0.6 is 28.4 Å². The molecule has 2 aromatic rings. The molecule has 1 amide bonds. The van der Waals surface area contributed by atoms with Crippen molar-refractivity contribution in [2.24, 2.45) is 10.5 Å². The molecular weight excluding hydrogens is 454 g/mol. The third-order valence-corrected chi connectivity index (χ3v) is 4.14. The maximum absolute atomic E-state index is 12.5. The Hall–Kier alpha value is -2.19. The number of carbonyl (C=O) groups is 1. The molecule has 1 aromatic carbocycles. The van der Waals surface area contributed by atoms with Crippen LogP contribution in [-0.4, -0.2) is 28.8 Å². The molecule has 9 heteroatoms. The van der Waals surface area contributed by atoms with E-state index in [1.54, 1.807) is 30.3 Å². The van der Waals surface area contributed by atoms with E-state index >= 15 is 0 Å². The Labute approximate surface area is 159 Å². The number of nitrogens with one attached hydrogen (secondary N) is 1. The highest BCUT2D eigenvalue weighted by atomic mass is 127. The lowest BCUT2D eigenvalue weighted by Crippen LogP contribution is -2.16. The number of halogens is 1. The number of phenolic OH excluding ortho intramolecular Hbond substituents is 1. The molecule has 0 saturated heterocycles. The van der Waals surface area contributed by atoms with Gasteiger partial charge in [0.2, 0.25) is 0 Å². The number of rotatable bonds is 6. The van der Waals surface area contributed by atoms with E-state index in [2.05, 4.69) is 37.1 Å². The van der Waals surface area contributed by atoms with Gasteiger partial charge >= 0.3 is 0 Å². The van der Waals surface area contributed by atoms with Crippen molar-refractivity contribution in [2.45, 2.75) is 0 Å². The zero-order valence-corrected chi connectivity index (χ0v) is 16.4. The van der Waals surface area contributed by atoms with E-state index in [0.29, 0.717) is 29.2 Å².